The highest BCUT2D eigenvalue weighted by Gasteiger charge is 2.18. The molecule has 1 saturated heterocycles. The molecule has 0 bridgehead atoms. The van der Waals surface area contributed by atoms with Crippen molar-refractivity contribution < 1.29 is 9.53 Å². The molecular weight excluding hydrogens is 352 g/mol. The molecule has 1 aromatic heterocycles. The van der Waals surface area contributed by atoms with E-state index in [2.05, 4.69) is 22.2 Å². The highest BCUT2D eigenvalue weighted by atomic mass is 16.5. The number of rotatable bonds is 5. The fourth-order valence-electron chi connectivity index (χ4n) is 3.31. The van der Waals surface area contributed by atoms with Crippen molar-refractivity contribution in [2.45, 2.75) is 0 Å². The zero-order chi connectivity index (χ0) is 19.3. The first kappa shape index (κ1) is 18.3. The fourth-order valence-corrected chi connectivity index (χ4v) is 3.31. The summed E-state index contributed by atoms with van der Waals surface area (Å²) < 4.78 is 5.94. The Morgan fingerprint density at radius 1 is 1.04 bits per heavy atom. The van der Waals surface area contributed by atoms with Crippen LogP contribution >= 0.6 is 0 Å². The number of hydrogen-bond acceptors (Lipinski definition) is 5. The van der Waals surface area contributed by atoms with Crippen LogP contribution in [0.3, 0.4) is 0 Å². The van der Waals surface area contributed by atoms with Crippen LogP contribution in [0, 0.1) is 0 Å². The number of nitrogens with zero attached hydrogens (tertiary/aromatic N) is 3. The van der Waals surface area contributed by atoms with E-state index in [4.69, 9.17) is 4.74 Å². The number of carbonyl (C=O) groups excluding carboxylic acids is 1. The van der Waals surface area contributed by atoms with E-state index in [0.29, 0.717) is 0 Å². The van der Waals surface area contributed by atoms with E-state index >= 15 is 0 Å². The minimum atomic E-state index is 0.120. The Kier molecular flexibility index (Phi) is 5.39. The number of fused-ring (bicyclic) bond motifs is 1. The first-order valence-electron chi connectivity index (χ1n) is 9.51. The largest absolute Gasteiger partial charge is 0.457 e. The predicted octanol–water partition coefficient (Wildman–Crippen LogP) is 3.21. The zero-order valence-corrected chi connectivity index (χ0v) is 16.0. The Hall–Kier alpha value is -3.12. The third kappa shape index (κ3) is 4.23. The van der Waals surface area contributed by atoms with Crippen LogP contribution in [-0.2, 0) is 4.79 Å². The van der Waals surface area contributed by atoms with Gasteiger partial charge < -0.3 is 19.9 Å². The van der Waals surface area contributed by atoms with Gasteiger partial charge >= 0.3 is 0 Å². The number of likely N-dealkylation sites (N-methyl/N-ethyl adjacent to an activating group) is 1. The second kappa shape index (κ2) is 8.27. The minimum absolute atomic E-state index is 0.120. The second-order valence-electron chi connectivity index (χ2n) is 6.99. The predicted molar refractivity (Wildman–Crippen MR) is 111 cm³/mol. The molecular formula is C22H24N4O2. The van der Waals surface area contributed by atoms with Crippen molar-refractivity contribution in [3.05, 3.63) is 60.8 Å². The second-order valence-corrected chi connectivity index (χ2v) is 6.99. The van der Waals surface area contributed by atoms with E-state index < -0.39 is 0 Å². The molecule has 4 rings (SSSR count). The van der Waals surface area contributed by atoms with Crippen LogP contribution in [0.25, 0.3) is 10.9 Å². The number of benzene rings is 2. The topological polar surface area (TPSA) is 57.7 Å². The van der Waals surface area contributed by atoms with Gasteiger partial charge in [0.05, 0.1) is 12.1 Å². The fraction of sp³-hybridized carbons (Fsp3) is 0.273. The van der Waals surface area contributed by atoms with Crippen LogP contribution in [0.5, 0.6) is 11.5 Å². The SMILES string of the molecule is CN1CCN(C(=O)CNc2ccnc3ccc(Oc4ccccc4)cc23)CC1. The molecule has 0 spiro atoms. The van der Waals surface area contributed by atoms with Crippen molar-refractivity contribution in [3.63, 3.8) is 0 Å². The molecule has 0 saturated carbocycles. The molecule has 1 amide bonds. The number of amides is 1. The zero-order valence-electron chi connectivity index (χ0n) is 16.0. The van der Waals surface area contributed by atoms with Gasteiger partial charge in [0.15, 0.2) is 0 Å². The van der Waals surface area contributed by atoms with Gasteiger partial charge in [-0.3, -0.25) is 9.78 Å². The van der Waals surface area contributed by atoms with Crippen molar-refractivity contribution in [3.8, 4) is 11.5 Å². The Morgan fingerprint density at radius 2 is 1.82 bits per heavy atom. The Balaban J connectivity index is 1.48. The first-order valence-corrected chi connectivity index (χ1v) is 9.51. The molecule has 28 heavy (non-hydrogen) atoms. The smallest absolute Gasteiger partial charge is 0.241 e. The van der Waals surface area contributed by atoms with Crippen molar-refractivity contribution in [1.82, 2.24) is 14.8 Å². The van der Waals surface area contributed by atoms with Crippen molar-refractivity contribution in [2.75, 3.05) is 45.1 Å². The van der Waals surface area contributed by atoms with Gasteiger partial charge in [0.25, 0.3) is 0 Å². The number of piperazine rings is 1. The summed E-state index contributed by atoms with van der Waals surface area (Å²) in [5.41, 5.74) is 1.74. The Morgan fingerprint density at radius 3 is 2.61 bits per heavy atom. The molecule has 3 aromatic rings. The molecule has 0 aliphatic carbocycles. The molecule has 144 valence electrons. The summed E-state index contributed by atoms with van der Waals surface area (Å²) in [4.78, 5) is 21.1. The van der Waals surface area contributed by atoms with Crippen LogP contribution in [0.15, 0.2) is 60.8 Å². The molecule has 1 N–H and O–H groups in total. The van der Waals surface area contributed by atoms with Gasteiger partial charge in [0.1, 0.15) is 11.5 Å². The Labute approximate surface area is 164 Å². The number of carbonyl (C=O) groups is 1. The summed E-state index contributed by atoms with van der Waals surface area (Å²) in [5, 5.41) is 4.22. The normalized spacial score (nSPS) is 14.8. The number of para-hydroxylation sites is 1. The number of pyridine rings is 1. The van der Waals surface area contributed by atoms with Crippen LogP contribution in [-0.4, -0.2) is 60.5 Å². The molecule has 1 aliphatic rings. The summed E-state index contributed by atoms with van der Waals surface area (Å²) >= 11 is 0. The molecule has 1 fully saturated rings. The third-order valence-corrected chi connectivity index (χ3v) is 4.98. The lowest BCUT2D eigenvalue weighted by atomic mass is 10.1. The van der Waals surface area contributed by atoms with Crippen molar-refractivity contribution >= 4 is 22.5 Å². The van der Waals surface area contributed by atoms with Gasteiger partial charge in [-0.2, -0.15) is 0 Å². The van der Waals surface area contributed by atoms with Crippen LogP contribution in [0.2, 0.25) is 0 Å². The lowest BCUT2D eigenvalue weighted by molar-refractivity contribution is -0.130. The molecule has 2 heterocycles. The van der Waals surface area contributed by atoms with E-state index in [1.165, 1.54) is 0 Å². The molecule has 6 nitrogen and oxygen atoms in total. The summed E-state index contributed by atoms with van der Waals surface area (Å²) in [6.07, 6.45) is 1.75. The third-order valence-electron chi connectivity index (χ3n) is 4.98. The molecule has 0 unspecified atom stereocenters. The maximum atomic E-state index is 12.5. The summed E-state index contributed by atoms with van der Waals surface area (Å²) in [6.45, 7) is 3.67. The number of ether oxygens (including phenoxy) is 1. The molecule has 0 atom stereocenters. The van der Waals surface area contributed by atoms with E-state index in [9.17, 15) is 4.79 Å². The average Bonchev–Trinajstić information content (AvgIpc) is 2.73. The molecule has 0 radical (unpaired) electrons. The van der Waals surface area contributed by atoms with Crippen molar-refractivity contribution in [2.24, 2.45) is 0 Å². The van der Waals surface area contributed by atoms with Gasteiger partial charge in [0.2, 0.25) is 5.91 Å². The van der Waals surface area contributed by atoms with Crippen molar-refractivity contribution in [1.29, 1.82) is 0 Å². The molecule has 6 heteroatoms. The van der Waals surface area contributed by atoms with E-state index in [-0.39, 0.29) is 12.5 Å². The van der Waals surface area contributed by atoms with Crippen LogP contribution < -0.4 is 10.1 Å². The molecule has 2 aromatic carbocycles. The highest BCUT2D eigenvalue weighted by Crippen LogP contribution is 2.28. The van der Waals surface area contributed by atoms with Gasteiger partial charge in [-0.15, -0.1) is 0 Å². The summed E-state index contributed by atoms with van der Waals surface area (Å²) in [7, 11) is 2.08. The maximum Gasteiger partial charge on any atom is 0.241 e. The number of nitrogens with one attached hydrogen (secondary N) is 1. The number of anilines is 1. The highest BCUT2D eigenvalue weighted by molar-refractivity contribution is 5.93. The summed E-state index contributed by atoms with van der Waals surface area (Å²) in [6, 6.07) is 17.4. The quantitative estimate of drug-likeness (QED) is 0.741. The minimum Gasteiger partial charge on any atom is -0.457 e. The van der Waals surface area contributed by atoms with E-state index in [1.807, 2.05) is 59.5 Å². The lowest BCUT2D eigenvalue weighted by Crippen LogP contribution is -2.48. The first-order chi connectivity index (χ1) is 13.7. The number of hydrogen-bond donors (Lipinski definition) is 1. The van der Waals surface area contributed by atoms with Gasteiger partial charge in [-0.05, 0) is 43.4 Å². The van der Waals surface area contributed by atoms with Gasteiger partial charge in [0, 0.05) is 43.4 Å². The van der Waals surface area contributed by atoms with Crippen LogP contribution in [0.4, 0.5) is 5.69 Å². The van der Waals surface area contributed by atoms with Crippen LogP contribution in [0.1, 0.15) is 0 Å². The van der Waals surface area contributed by atoms with Gasteiger partial charge in [-0.1, -0.05) is 18.2 Å². The monoisotopic (exact) mass is 376 g/mol. The average molecular weight is 376 g/mol. The van der Waals surface area contributed by atoms with E-state index in [1.54, 1.807) is 6.20 Å². The van der Waals surface area contributed by atoms with E-state index in [0.717, 1.165) is 54.3 Å². The standard InChI is InChI=1S/C22H24N4O2/c1-25-11-13-26(14-12-25)22(27)16-24-21-9-10-23-20-8-7-18(15-19(20)21)28-17-5-3-2-4-6-17/h2-10,15H,11-14,16H2,1H3,(H,23,24). The Bertz CT molecular complexity index is 953. The molecule has 1 aliphatic heterocycles. The maximum absolute atomic E-state index is 12.5. The lowest BCUT2D eigenvalue weighted by Gasteiger charge is -2.32. The van der Waals surface area contributed by atoms with Gasteiger partial charge in [-0.25, -0.2) is 0 Å². The summed E-state index contributed by atoms with van der Waals surface area (Å²) in [5.74, 6) is 1.64. The number of aromatic nitrogens is 1.